The van der Waals surface area contributed by atoms with E-state index in [1.807, 2.05) is 55.7 Å². The maximum atomic E-state index is 15.2. The summed E-state index contributed by atoms with van der Waals surface area (Å²) in [6.45, 7) is 13.7. The van der Waals surface area contributed by atoms with Crippen LogP contribution in [0.2, 0.25) is 25.7 Å². The molecule has 338 valence electrons. The normalized spacial score (nSPS) is 12.7. The van der Waals surface area contributed by atoms with Crippen molar-refractivity contribution in [3.8, 4) is 11.1 Å². The van der Waals surface area contributed by atoms with Crippen molar-refractivity contribution >= 4 is 49.7 Å². The zero-order valence-corrected chi connectivity index (χ0v) is 36.9. The smallest absolute Gasteiger partial charge is 0.481 e. The van der Waals surface area contributed by atoms with Crippen LogP contribution < -0.4 is 16.4 Å². The first kappa shape index (κ1) is 52.2. The number of amides is 3. The summed E-state index contributed by atoms with van der Waals surface area (Å²) in [5.74, 6) is -5.65. The molecule has 3 aromatic rings. The van der Waals surface area contributed by atoms with Gasteiger partial charge in [0.1, 0.15) is 11.6 Å². The molecule has 61 heavy (non-hydrogen) atoms. The van der Waals surface area contributed by atoms with Gasteiger partial charge in [-0.15, -0.1) is 11.8 Å². The summed E-state index contributed by atoms with van der Waals surface area (Å²) in [5, 5.41) is 21.3. The minimum atomic E-state index is -5.08. The molecule has 2 aromatic carbocycles. The zero-order valence-electron chi connectivity index (χ0n) is 35.1. The lowest BCUT2D eigenvalue weighted by Gasteiger charge is -2.41. The monoisotopic (exact) mass is 901 g/mol. The van der Waals surface area contributed by atoms with Gasteiger partial charge in [-0.1, -0.05) is 70.7 Å². The maximum absolute atomic E-state index is 15.2. The third-order valence-corrected chi connectivity index (χ3v) is 11.5. The quantitative estimate of drug-likeness (QED) is 0.0443. The van der Waals surface area contributed by atoms with Crippen LogP contribution in [0.1, 0.15) is 50.9 Å². The average Bonchev–Trinajstić information content (AvgIpc) is 3.54. The molecule has 0 saturated carbocycles. The molecule has 3 rings (SSSR count). The molecular formula is C41H56F5N5O8SSi. The topological polar surface area (TPSA) is 193 Å². The van der Waals surface area contributed by atoms with E-state index in [2.05, 4.69) is 30.3 Å². The fraction of sp³-hybridized carbons (Fsp3) is 0.488. The molecule has 1 heterocycles. The van der Waals surface area contributed by atoms with E-state index in [4.69, 9.17) is 25.5 Å². The number of hydrogen-bond donors (Lipinski definition) is 5. The van der Waals surface area contributed by atoms with Crippen molar-refractivity contribution in [2.75, 3.05) is 37.7 Å². The Bertz CT molecular complexity index is 1920. The molecule has 0 spiro atoms. The average molecular weight is 902 g/mol. The number of carboxylic acids is 2. The lowest BCUT2D eigenvalue weighted by molar-refractivity contribution is -0.192. The van der Waals surface area contributed by atoms with E-state index in [-0.39, 0.29) is 49.0 Å². The van der Waals surface area contributed by atoms with Crippen molar-refractivity contribution in [2.24, 2.45) is 11.1 Å². The molecule has 13 nitrogen and oxygen atoms in total. The number of aliphatic carboxylic acids is 2. The number of aromatic nitrogens is 1. The number of carboxylic acid groups (broad SMARTS) is 2. The highest BCUT2D eigenvalue weighted by atomic mass is 32.2. The van der Waals surface area contributed by atoms with Crippen LogP contribution in [-0.2, 0) is 30.5 Å². The van der Waals surface area contributed by atoms with Gasteiger partial charge in [0.2, 0.25) is 11.8 Å². The van der Waals surface area contributed by atoms with E-state index in [1.54, 1.807) is 17.2 Å². The van der Waals surface area contributed by atoms with Gasteiger partial charge in [-0.05, 0) is 47.7 Å². The number of thioether (sulfide) groups is 1. The van der Waals surface area contributed by atoms with E-state index in [0.29, 0.717) is 30.8 Å². The van der Waals surface area contributed by atoms with Gasteiger partial charge in [-0.2, -0.15) is 13.2 Å². The second-order valence-corrected chi connectivity index (χ2v) is 23.0. The van der Waals surface area contributed by atoms with Crippen molar-refractivity contribution in [2.45, 2.75) is 84.1 Å². The number of alkyl carbamates (subject to hydrolysis) is 1. The highest BCUT2D eigenvalue weighted by Crippen LogP contribution is 2.41. The maximum Gasteiger partial charge on any atom is 0.490 e. The van der Waals surface area contributed by atoms with Crippen LogP contribution in [0, 0.1) is 17.0 Å². The predicted octanol–water partition coefficient (Wildman–Crippen LogP) is 7.14. The number of hydrogen-bond acceptors (Lipinski definition) is 8. The number of halogens is 5. The number of nitrogens with zero attached hydrogens (tertiary/aromatic N) is 2. The van der Waals surface area contributed by atoms with Gasteiger partial charge in [0.25, 0.3) is 0 Å². The van der Waals surface area contributed by atoms with E-state index < -0.39 is 67.3 Å². The molecule has 0 aliphatic carbocycles. The number of alkyl halides is 3. The van der Waals surface area contributed by atoms with Gasteiger partial charge in [0, 0.05) is 63.0 Å². The molecule has 0 bridgehead atoms. The molecule has 6 N–H and O–H groups in total. The van der Waals surface area contributed by atoms with Gasteiger partial charge < -0.3 is 40.8 Å². The van der Waals surface area contributed by atoms with Crippen molar-refractivity contribution < 1.29 is 60.9 Å². The van der Waals surface area contributed by atoms with Crippen LogP contribution in [0.25, 0.3) is 11.1 Å². The SMILES string of the molecule is CC(C)(C)[C@H](c1cc(-c2cc(F)ccc2F)cn1Cc1ccccc1)N(CCCNC(=O)OCC[Si](C)(C)C)C(=O)CSC[C@H](N)C(=O)NCCC(=O)O.O=C(O)C(F)(F)F. The van der Waals surface area contributed by atoms with Crippen molar-refractivity contribution in [1.29, 1.82) is 0 Å². The fourth-order valence-electron chi connectivity index (χ4n) is 5.81. The Morgan fingerprint density at radius 3 is 2.16 bits per heavy atom. The van der Waals surface area contributed by atoms with E-state index >= 15 is 4.39 Å². The second kappa shape index (κ2) is 23.9. The molecular weight excluding hydrogens is 846 g/mol. The first-order chi connectivity index (χ1) is 28.3. The highest BCUT2D eigenvalue weighted by Gasteiger charge is 2.39. The van der Waals surface area contributed by atoms with Crippen LogP contribution >= 0.6 is 11.8 Å². The van der Waals surface area contributed by atoms with Gasteiger partial charge >= 0.3 is 24.2 Å². The number of nitrogens with one attached hydrogen (secondary N) is 2. The molecule has 2 atom stereocenters. The Morgan fingerprint density at radius 1 is 0.951 bits per heavy atom. The van der Waals surface area contributed by atoms with Crippen LogP contribution in [0.5, 0.6) is 0 Å². The minimum Gasteiger partial charge on any atom is -0.481 e. The van der Waals surface area contributed by atoms with Crippen molar-refractivity contribution in [3.63, 3.8) is 0 Å². The summed E-state index contributed by atoms with van der Waals surface area (Å²) in [7, 11) is -1.39. The number of carbonyl (C=O) groups is 5. The van der Waals surface area contributed by atoms with Crippen LogP contribution in [0.3, 0.4) is 0 Å². The molecule has 0 aliphatic heterocycles. The molecule has 20 heteroatoms. The summed E-state index contributed by atoms with van der Waals surface area (Å²) >= 11 is 1.18. The number of ether oxygens (including phenoxy) is 1. The van der Waals surface area contributed by atoms with E-state index in [1.165, 1.54) is 11.8 Å². The molecule has 0 saturated heterocycles. The number of carbonyl (C=O) groups excluding carboxylic acids is 3. The molecule has 3 amide bonds. The number of nitrogens with two attached hydrogens (primary N) is 1. The Balaban J connectivity index is 0.00000168. The first-order valence-electron chi connectivity index (χ1n) is 19.3. The van der Waals surface area contributed by atoms with Gasteiger partial charge in [0.15, 0.2) is 0 Å². The Morgan fingerprint density at radius 2 is 1.59 bits per heavy atom. The molecule has 0 unspecified atom stereocenters. The largest absolute Gasteiger partial charge is 0.490 e. The minimum absolute atomic E-state index is 0.0282. The van der Waals surface area contributed by atoms with Crippen LogP contribution in [0.15, 0.2) is 60.8 Å². The van der Waals surface area contributed by atoms with E-state index in [0.717, 1.165) is 29.8 Å². The summed E-state index contributed by atoms with van der Waals surface area (Å²) < 4.78 is 68.7. The Kier molecular flexibility index (Phi) is 20.4. The third-order valence-electron chi connectivity index (χ3n) is 8.77. The Hall–Kier alpha value is -4.95. The van der Waals surface area contributed by atoms with E-state index in [9.17, 15) is 36.7 Å². The van der Waals surface area contributed by atoms with Crippen molar-refractivity contribution in [1.82, 2.24) is 20.1 Å². The zero-order chi connectivity index (χ0) is 46.1. The Labute approximate surface area is 357 Å². The third kappa shape index (κ3) is 19.1. The van der Waals surface area contributed by atoms with Gasteiger partial charge in [0.05, 0.1) is 30.9 Å². The first-order valence-corrected chi connectivity index (χ1v) is 24.2. The number of benzene rings is 2. The highest BCUT2D eigenvalue weighted by molar-refractivity contribution is 8.00. The number of rotatable bonds is 20. The fourth-order valence-corrected chi connectivity index (χ4v) is 7.38. The summed E-state index contributed by atoms with van der Waals surface area (Å²) in [6.07, 6.45) is -3.68. The summed E-state index contributed by atoms with van der Waals surface area (Å²) in [5.41, 5.74) is 7.71. The standard InChI is InChI=1S/C39H55F2N5O6SSi.C2HF3O2/c1-39(2,3)36(33-21-28(30-22-29(40)13-14-31(30)41)24-45(33)23-27-11-8-7-9-12-27)46(18-10-16-44-38(51)52-19-20-54(4,5)6)34(47)26-53-25-32(42)37(50)43-17-15-35(48)49;3-2(4,5)1(6)7/h7-9,11-14,21-22,24,32,36H,10,15-20,23,25-26,42H2,1-6H3,(H,43,50)(H,44,51)(H,48,49);(H,6,7)/t32-,36-;/m0./s1. The lowest BCUT2D eigenvalue weighted by atomic mass is 9.83. The molecule has 1 aromatic heterocycles. The molecule has 0 aliphatic rings. The summed E-state index contributed by atoms with van der Waals surface area (Å²) in [4.78, 5) is 60.6. The van der Waals surface area contributed by atoms with Crippen LogP contribution in [0.4, 0.5) is 26.7 Å². The van der Waals surface area contributed by atoms with Gasteiger partial charge in [-0.25, -0.2) is 18.4 Å². The second-order valence-electron chi connectivity index (χ2n) is 16.3. The summed E-state index contributed by atoms with van der Waals surface area (Å²) in [6, 6.07) is 14.1. The molecule has 0 fully saturated rings. The lowest BCUT2D eigenvalue weighted by Crippen LogP contribution is -2.45. The van der Waals surface area contributed by atoms with Gasteiger partial charge in [-0.3, -0.25) is 14.4 Å². The molecule has 0 radical (unpaired) electrons. The predicted molar refractivity (Wildman–Crippen MR) is 226 cm³/mol. The van der Waals surface area contributed by atoms with Crippen LogP contribution in [-0.4, -0.2) is 108 Å². The van der Waals surface area contributed by atoms with Crippen molar-refractivity contribution in [3.05, 3.63) is 83.7 Å².